The number of nitrogens with one attached hydrogen (secondary N) is 1. The van der Waals surface area contributed by atoms with Crippen molar-refractivity contribution in [1.29, 1.82) is 0 Å². The standard InChI is InChI=1S/C18H11F3N2O6/c19-18(20,21)12-8-11(23(26)27)5-6-13(12)22-16(24)9-28-17(25)15-7-10-3-1-2-4-14(10)29-15/h1-8H,9H2,(H,22,24). The first-order chi connectivity index (χ1) is 13.6. The van der Waals surface area contributed by atoms with Crippen LogP contribution in [0, 0.1) is 10.1 Å². The first kappa shape index (κ1) is 19.9. The van der Waals surface area contributed by atoms with Crippen molar-refractivity contribution in [2.45, 2.75) is 6.18 Å². The summed E-state index contributed by atoms with van der Waals surface area (Å²) in [5.74, 6) is -2.21. The van der Waals surface area contributed by atoms with E-state index in [-0.39, 0.29) is 5.76 Å². The van der Waals surface area contributed by atoms with Crippen LogP contribution in [-0.2, 0) is 15.7 Å². The van der Waals surface area contributed by atoms with Gasteiger partial charge in [0.2, 0.25) is 5.76 Å². The van der Waals surface area contributed by atoms with Gasteiger partial charge in [-0.25, -0.2) is 4.79 Å². The number of non-ortho nitro benzene ring substituents is 1. The highest BCUT2D eigenvalue weighted by Gasteiger charge is 2.35. The zero-order valence-corrected chi connectivity index (χ0v) is 14.4. The number of rotatable bonds is 5. The van der Waals surface area contributed by atoms with Crippen molar-refractivity contribution in [3.8, 4) is 0 Å². The number of hydrogen-bond acceptors (Lipinski definition) is 6. The summed E-state index contributed by atoms with van der Waals surface area (Å²) in [6.45, 7) is -0.885. The number of carbonyl (C=O) groups is 2. The number of nitro benzene ring substituents is 1. The number of furan rings is 1. The second kappa shape index (κ2) is 7.62. The van der Waals surface area contributed by atoms with Gasteiger partial charge in [-0.2, -0.15) is 13.2 Å². The number of ether oxygens (including phenoxy) is 1. The molecule has 0 aliphatic rings. The summed E-state index contributed by atoms with van der Waals surface area (Å²) < 4.78 is 49.3. The number of fused-ring (bicyclic) bond motifs is 1. The number of hydrogen-bond donors (Lipinski definition) is 1. The van der Waals surface area contributed by atoms with Gasteiger partial charge in [0, 0.05) is 17.5 Å². The highest BCUT2D eigenvalue weighted by molar-refractivity contribution is 5.96. The van der Waals surface area contributed by atoms with Gasteiger partial charge < -0.3 is 14.5 Å². The van der Waals surface area contributed by atoms with E-state index in [9.17, 15) is 32.9 Å². The van der Waals surface area contributed by atoms with E-state index >= 15 is 0 Å². The predicted octanol–water partition coefficient (Wildman–Crippen LogP) is 4.16. The predicted molar refractivity (Wildman–Crippen MR) is 93.2 cm³/mol. The Bertz CT molecular complexity index is 1070. The minimum atomic E-state index is -4.94. The Balaban J connectivity index is 1.69. The number of nitrogens with zero attached hydrogens (tertiary/aromatic N) is 1. The lowest BCUT2D eigenvalue weighted by Gasteiger charge is -2.13. The molecule has 150 valence electrons. The molecule has 3 aromatic rings. The number of anilines is 1. The van der Waals surface area contributed by atoms with Crippen LogP contribution in [0.15, 0.2) is 52.9 Å². The lowest BCUT2D eigenvalue weighted by molar-refractivity contribution is -0.385. The summed E-state index contributed by atoms with van der Waals surface area (Å²) in [4.78, 5) is 33.5. The van der Waals surface area contributed by atoms with Crippen molar-refractivity contribution in [3.63, 3.8) is 0 Å². The number of para-hydroxylation sites is 1. The molecule has 0 saturated heterocycles. The SMILES string of the molecule is O=C(COC(=O)c1cc2ccccc2o1)Nc1ccc([N+](=O)[O-])cc1C(F)(F)F. The third-order valence-electron chi connectivity index (χ3n) is 3.75. The lowest BCUT2D eigenvalue weighted by atomic mass is 10.1. The van der Waals surface area contributed by atoms with E-state index in [0.29, 0.717) is 17.0 Å². The second-order valence-electron chi connectivity index (χ2n) is 5.76. The van der Waals surface area contributed by atoms with Gasteiger partial charge in [0.1, 0.15) is 5.58 Å². The molecule has 0 bridgehead atoms. The van der Waals surface area contributed by atoms with Crippen LogP contribution in [-0.4, -0.2) is 23.4 Å². The van der Waals surface area contributed by atoms with Gasteiger partial charge in [0.05, 0.1) is 16.2 Å². The maximum atomic E-state index is 13.1. The summed E-state index contributed by atoms with van der Waals surface area (Å²) in [5, 5.41) is 13.2. The van der Waals surface area contributed by atoms with Gasteiger partial charge in [-0.1, -0.05) is 18.2 Å². The van der Waals surface area contributed by atoms with Crippen LogP contribution in [0.4, 0.5) is 24.5 Å². The van der Waals surface area contributed by atoms with E-state index < -0.39 is 46.5 Å². The molecule has 1 aromatic heterocycles. The third-order valence-corrected chi connectivity index (χ3v) is 3.75. The normalized spacial score (nSPS) is 11.3. The van der Waals surface area contributed by atoms with Crippen LogP contribution in [0.1, 0.15) is 16.1 Å². The molecule has 0 atom stereocenters. The number of esters is 1. The molecule has 1 N–H and O–H groups in total. The van der Waals surface area contributed by atoms with E-state index in [2.05, 4.69) is 0 Å². The van der Waals surface area contributed by atoms with Crippen molar-refractivity contribution >= 4 is 34.2 Å². The molecule has 1 amide bonds. The van der Waals surface area contributed by atoms with Crippen LogP contribution in [0.5, 0.6) is 0 Å². The summed E-state index contributed by atoms with van der Waals surface area (Å²) in [6, 6.07) is 9.98. The summed E-state index contributed by atoms with van der Waals surface area (Å²) >= 11 is 0. The Labute approximate surface area is 160 Å². The Kier molecular flexibility index (Phi) is 5.22. The minimum absolute atomic E-state index is 0.176. The molecule has 3 rings (SSSR count). The summed E-state index contributed by atoms with van der Waals surface area (Å²) in [5.41, 5.74) is -2.47. The average molecular weight is 408 g/mol. The molecule has 0 aliphatic heterocycles. The van der Waals surface area contributed by atoms with Gasteiger partial charge in [-0.3, -0.25) is 14.9 Å². The number of benzene rings is 2. The molecule has 11 heteroatoms. The molecule has 0 unspecified atom stereocenters. The number of alkyl halides is 3. The van der Waals surface area contributed by atoms with Crippen molar-refractivity contribution in [1.82, 2.24) is 0 Å². The van der Waals surface area contributed by atoms with Crippen molar-refractivity contribution < 1.29 is 36.8 Å². The Morgan fingerprint density at radius 2 is 1.86 bits per heavy atom. The van der Waals surface area contributed by atoms with Crippen LogP contribution >= 0.6 is 0 Å². The van der Waals surface area contributed by atoms with E-state index in [1.54, 1.807) is 24.3 Å². The highest BCUT2D eigenvalue weighted by Crippen LogP contribution is 2.37. The lowest BCUT2D eigenvalue weighted by Crippen LogP contribution is -2.22. The maximum Gasteiger partial charge on any atom is 0.418 e. The fourth-order valence-electron chi connectivity index (χ4n) is 2.46. The number of amides is 1. The summed E-state index contributed by atoms with van der Waals surface area (Å²) in [7, 11) is 0. The van der Waals surface area contributed by atoms with Gasteiger partial charge >= 0.3 is 12.1 Å². The fourth-order valence-corrected chi connectivity index (χ4v) is 2.46. The number of carbonyl (C=O) groups excluding carboxylic acids is 2. The van der Waals surface area contributed by atoms with Gasteiger partial charge in [-0.15, -0.1) is 0 Å². The molecule has 0 fully saturated rings. The van der Waals surface area contributed by atoms with Gasteiger partial charge in [-0.05, 0) is 18.2 Å². The van der Waals surface area contributed by atoms with Crippen molar-refractivity contribution in [3.05, 3.63) is 70.0 Å². The van der Waals surface area contributed by atoms with Crippen molar-refractivity contribution in [2.24, 2.45) is 0 Å². The van der Waals surface area contributed by atoms with E-state index in [4.69, 9.17) is 9.15 Å². The smallest absolute Gasteiger partial charge is 0.418 e. The largest absolute Gasteiger partial charge is 0.450 e. The number of nitro groups is 1. The monoisotopic (exact) mass is 408 g/mol. The van der Waals surface area contributed by atoms with E-state index in [1.807, 2.05) is 5.32 Å². The van der Waals surface area contributed by atoms with E-state index in [0.717, 1.165) is 12.1 Å². The Hall–Kier alpha value is -3.89. The molecular formula is C18H11F3N2O6. The molecule has 1 heterocycles. The first-order valence-corrected chi connectivity index (χ1v) is 7.96. The molecule has 0 saturated carbocycles. The molecule has 0 aliphatic carbocycles. The van der Waals surface area contributed by atoms with Crippen LogP contribution in [0.3, 0.4) is 0 Å². The van der Waals surface area contributed by atoms with Crippen LogP contribution in [0.25, 0.3) is 11.0 Å². The quantitative estimate of drug-likeness (QED) is 0.386. The first-order valence-electron chi connectivity index (χ1n) is 7.96. The molecule has 0 spiro atoms. The zero-order chi connectivity index (χ0) is 21.2. The second-order valence-corrected chi connectivity index (χ2v) is 5.76. The van der Waals surface area contributed by atoms with Crippen molar-refractivity contribution in [2.75, 3.05) is 11.9 Å². The van der Waals surface area contributed by atoms with E-state index in [1.165, 1.54) is 6.07 Å². The Morgan fingerprint density at radius 3 is 2.52 bits per heavy atom. The van der Waals surface area contributed by atoms with Crippen LogP contribution in [0.2, 0.25) is 0 Å². The molecular weight excluding hydrogens is 397 g/mol. The van der Waals surface area contributed by atoms with Gasteiger partial charge in [0.15, 0.2) is 6.61 Å². The highest BCUT2D eigenvalue weighted by atomic mass is 19.4. The topological polar surface area (TPSA) is 112 Å². The molecule has 29 heavy (non-hydrogen) atoms. The molecule has 0 radical (unpaired) electrons. The number of halogens is 3. The minimum Gasteiger partial charge on any atom is -0.450 e. The maximum absolute atomic E-state index is 13.1. The van der Waals surface area contributed by atoms with Crippen LogP contribution < -0.4 is 5.32 Å². The third kappa shape index (κ3) is 4.51. The zero-order valence-electron chi connectivity index (χ0n) is 14.4. The summed E-state index contributed by atoms with van der Waals surface area (Å²) in [6.07, 6.45) is -4.94. The van der Waals surface area contributed by atoms with Gasteiger partial charge in [0.25, 0.3) is 11.6 Å². The molecule has 2 aromatic carbocycles. The Morgan fingerprint density at radius 1 is 1.14 bits per heavy atom. The fraction of sp³-hybridized carbons (Fsp3) is 0.111. The molecule has 8 nitrogen and oxygen atoms in total. The average Bonchev–Trinajstić information content (AvgIpc) is 3.09.